The molecule has 0 spiro atoms. The van der Waals surface area contributed by atoms with Gasteiger partial charge in [-0.25, -0.2) is 8.42 Å². The van der Waals surface area contributed by atoms with Gasteiger partial charge in [-0.2, -0.15) is 4.31 Å². The van der Waals surface area contributed by atoms with Crippen molar-refractivity contribution < 1.29 is 22.6 Å². The molecule has 1 aliphatic rings. The van der Waals surface area contributed by atoms with E-state index in [1.807, 2.05) is 48.5 Å². The molecule has 0 atom stereocenters. The monoisotopic (exact) mass is 416 g/mol. The maximum atomic E-state index is 13.3. The molecule has 0 unspecified atom stereocenters. The molecule has 154 valence electrons. The molecule has 2 heterocycles. The number of rotatable bonds is 7. The largest absolute Gasteiger partial charge is 0.468 e. The number of sulfonamides is 1. The lowest BCUT2D eigenvalue weighted by Gasteiger charge is -2.26. The molecule has 29 heavy (non-hydrogen) atoms. The summed E-state index contributed by atoms with van der Waals surface area (Å²) in [5.74, 6) is 0.704. The summed E-state index contributed by atoms with van der Waals surface area (Å²) >= 11 is 0. The topological polar surface area (TPSA) is 80.9 Å². The number of nitrogens with one attached hydrogen (secondary N) is 1. The van der Waals surface area contributed by atoms with Gasteiger partial charge in [0.25, 0.3) is 10.0 Å². The summed E-state index contributed by atoms with van der Waals surface area (Å²) < 4.78 is 43.8. The van der Waals surface area contributed by atoms with Crippen LogP contribution in [0.5, 0.6) is 5.75 Å². The number of hydrogen-bond acceptors (Lipinski definition) is 5. The summed E-state index contributed by atoms with van der Waals surface area (Å²) in [6.07, 6.45) is 0.494. The number of nitrogens with zero attached hydrogens (tertiary/aromatic N) is 1. The van der Waals surface area contributed by atoms with Crippen molar-refractivity contribution in [1.82, 2.24) is 9.29 Å². The van der Waals surface area contributed by atoms with Crippen LogP contribution in [0.15, 0.2) is 53.6 Å². The van der Waals surface area contributed by atoms with E-state index >= 15 is 0 Å². The van der Waals surface area contributed by atoms with Crippen molar-refractivity contribution in [1.29, 1.82) is 0 Å². The Morgan fingerprint density at radius 2 is 1.79 bits per heavy atom. The van der Waals surface area contributed by atoms with Crippen molar-refractivity contribution in [2.24, 2.45) is 0 Å². The van der Waals surface area contributed by atoms with Crippen LogP contribution in [0.25, 0.3) is 10.9 Å². The van der Waals surface area contributed by atoms with Gasteiger partial charge in [0, 0.05) is 43.1 Å². The van der Waals surface area contributed by atoms with Crippen LogP contribution in [0.4, 0.5) is 0 Å². The van der Waals surface area contributed by atoms with Gasteiger partial charge in [-0.05, 0) is 23.8 Å². The zero-order valence-electron chi connectivity index (χ0n) is 16.3. The van der Waals surface area contributed by atoms with Gasteiger partial charge in [-0.1, -0.05) is 30.3 Å². The van der Waals surface area contributed by atoms with E-state index in [2.05, 4.69) is 4.98 Å². The Kier molecular flexibility index (Phi) is 5.86. The Balaban J connectivity index is 1.70. The van der Waals surface area contributed by atoms with Crippen molar-refractivity contribution in [2.75, 3.05) is 40.2 Å². The number of aromatic nitrogens is 1. The van der Waals surface area contributed by atoms with Crippen molar-refractivity contribution in [3.05, 3.63) is 59.7 Å². The summed E-state index contributed by atoms with van der Waals surface area (Å²) in [4.78, 5) is 3.15. The third-order valence-electron chi connectivity index (χ3n) is 4.99. The minimum atomic E-state index is -3.64. The fourth-order valence-electron chi connectivity index (χ4n) is 3.52. The van der Waals surface area contributed by atoms with Crippen LogP contribution in [-0.4, -0.2) is 57.9 Å². The van der Waals surface area contributed by atoms with E-state index < -0.39 is 10.0 Å². The van der Waals surface area contributed by atoms with Gasteiger partial charge < -0.3 is 19.2 Å². The highest BCUT2D eigenvalue weighted by molar-refractivity contribution is 7.89. The molecule has 1 N–H and O–H groups in total. The number of aromatic amines is 1. The van der Waals surface area contributed by atoms with Crippen molar-refractivity contribution in [2.45, 2.75) is 11.4 Å². The highest BCUT2D eigenvalue weighted by atomic mass is 32.2. The van der Waals surface area contributed by atoms with Crippen molar-refractivity contribution in [3.63, 3.8) is 0 Å². The first-order chi connectivity index (χ1) is 14.1. The second-order valence-electron chi connectivity index (χ2n) is 6.87. The molecule has 1 saturated heterocycles. The van der Waals surface area contributed by atoms with Gasteiger partial charge in [0.15, 0.2) is 11.8 Å². The zero-order valence-corrected chi connectivity index (χ0v) is 17.1. The van der Waals surface area contributed by atoms with Gasteiger partial charge >= 0.3 is 0 Å². The summed E-state index contributed by atoms with van der Waals surface area (Å²) in [7, 11) is -2.07. The molecule has 0 saturated carbocycles. The van der Waals surface area contributed by atoms with E-state index in [0.717, 1.165) is 22.0 Å². The lowest BCUT2D eigenvalue weighted by Crippen LogP contribution is -2.41. The van der Waals surface area contributed by atoms with Crippen molar-refractivity contribution in [3.8, 4) is 5.75 Å². The predicted molar refractivity (Wildman–Crippen MR) is 110 cm³/mol. The highest BCUT2D eigenvalue weighted by Gasteiger charge is 2.31. The molecule has 8 heteroatoms. The molecule has 0 bridgehead atoms. The Morgan fingerprint density at radius 3 is 2.52 bits per heavy atom. The quantitative estimate of drug-likeness (QED) is 0.599. The average Bonchev–Trinajstić information content (AvgIpc) is 3.13. The highest BCUT2D eigenvalue weighted by Crippen LogP contribution is 2.30. The molecule has 0 radical (unpaired) electrons. The minimum absolute atomic E-state index is 0.184. The van der Waals surface area contributed by atoms with E-state index in [1.54, 1.807) is 7.11 Å². The summed E-state index contributed by atoms with van der Waals surface area (Å²) in [6, 6.07) is 15.3. The lowest BCUT2D eigenvalue weighted by molar-refractivity contribution is 0.0511. The molecule has 2 aromatic carbocycles. The molecule has 7 nitrogen and oxygen atoms in total. The fourth-order valence-corrected chi connectivity index (χ4v) is 5.14. The molecule has 1 aliphatic heterocycles. The average molecular weight is 416 g/mol. The first-order valence-corrected chi connectivity index (χ1v) is 10.9. The summed E-state index contributed by atoms with van der Waals surface area (Å²) in [5.41, 5.74) is 2.59. The molecule has 3 aromatic rings. The molecule has 0 aliphatic carbocycles. The maximum Gasteiger partial charge on any atom is 0.258 e. The lowest BCUT2D eigenvalue weighted by atomic mass is 10.0. The van der Waals surface area contributed by atoms with E-state index in [9.17, 15) is 8.42 Å². The van der Waals surface area contributed by atoms with Gasteiger partial charge in [-0.3, -0.25) is 0 Å². The number of benzene rings is 2. The van der Waals surface area contributed by atoms with Crippen LogP contribution in [0, 0.1) is 0 Å². The number of morpholine rings is 1. The number of ether oxygens (including phenoxy) is 3. The Hall–Kier alpha value is -2.39. The molecular weight excluding hydrogens is 392 g/mol. The number of H-pyrrole nitrogens is 1. The number of fused-ring (bicyclic) bond motifs is 1. The Morgan fingerprint density at radius 1 is 1.07 bits per heavy atom. The molecule has 4 rings (SSSR count). The second kappa shape index (κ2) is 8.54. The Labute approximate surface area is 170 Å². The smallest absolute Gasteiger partial charge is 0.258 e. The summed E-state index contributed by atoms with van der Waals surface area (Å²) in [6.45, 7) is 1.74. The maximum absolute atomic E-state index is 13.3. The number of para-hydroxylation sites is 1. The van der Waals surface area contributed by atoms with E-state index in [-0.39, 0.29) is 11.8 Å². The Bertz CT molecular complexity index is 1070. The SMILES string of the molecule is COCOc1ccc(Cc2c(S(=O)(=O)N3CCOCC3)[nH]c3ccccc23)cc1. The molecular formula is C21H24N2O5S. The van der Waals surface area contributed by atoms with Crippen LogP contribution < -0.4 is 4.74 Å². The third kappa shape index (κ3) is 4.16. The number of methoxy groups -OCH3 is 1. The van der Waals surface area contributed by atoms with Gasteiger partial charge in [-0.15, -0.1) is 0 Å². The third-order valence-corrected chi connectivity index (χ3v) is 6.90. The predicted octanol–water partition coefficient (Wildman–Crippen LogP) is 2.76. The van der Waals surface area contributed by atoms with E-state index in [0.29, 0.717) is 38.5 Å². The first kappa shape index (κ1) is 19.9. The van der Waals surface area contributed by atoms with Gasteiger partial charge in [0.2, 0.25) is 0 Å². The minimum Gasteiger partial charge on any atom is -0.468 e. The van der Waals surface area contributed by atoms with Crippen LogP contribution in [0.2, 0.25) is 0 Å². The van der Waals surface area contributed by atoms with Crippen LogP contribution in [-0.2, 0) is 25.9 Å². The first-order valence-electron chi connectivity index (χ1n) is 9.48. The van der Waals surface area contributed by atoms with Gasteiger partial charge in [0.05, 0.1) is 13.2 Å². The zero-order chi connectivity index (χ0) is 20.3. The molecule has 1 aromatic heterocycles. The molecule has 1 fully saturated rings. The van der Waals surface area contributed by atoms with Gasteiger partial charge in [0.1, 0.15) is 5.75 Å². The van der Waals surface area contributed by atoms with E-state index in [4.69, 9.17) is 14.2 Å². The van der Waals surface area contributed by atoms with E-state index in [1.165, 1.54) is 4.31 Å². The van der Waals surface area contributed by atoms with Crippen LogP contribution in [0.3, 0.4) is 0 Å². The number of hydrogen-bond donors (Lipinski definition) is 1. The van der Waals surface area contributed by atoms with Crippen molar-refractivity contribution >= 4 is 20.9 Å². The molecule has 0 amide bonds. The summed E-state index contributed by atoms with van der Waals surface area (Å²) in [5, 5.41) is 1.18. The normalized spacial score (nSPS) is 15.6. The van der Waals surface area contributed by atoms with Crippen LogP contribution >= 0.6 is 0 Å². The van der Waals surface area contributed by atoms with Crippen LogP contribution in [0.1, 0.15) is 11.1 Å². The second-order valence-corrected chi connectivity index (χ2v) is 8.74. The standard InChI is InChI=1S/C21H24N2O5S/c1-26-15-28-17-8-6-16(7-9-17)14-19-18-4-2-3-5-20(18)22-21(19)29(24,25)23-10-12-27-13-11-23/h2-9,22H,10-15H2,1H3. The fraction of sp³-hybridized carbons (Fsp3) is 0.333.